The number of esters is 1. The largest absolute Gasteiger partial charge is 0.462 e. The lowest BCUT2D eigenvalue weighted by molar-refractivity contribution is -0.115. The van der Waals surface area contributed by atoms with Crippen molar-refractivity contribution in [2.24, 2.45) is 0 Å². The maximum absolute atomic E-state index is 13.1. The van der Waals surface area contributed by atoms with Crippen LogP contribution in [0.4, 0.5) is 5.00 Å². The minimum Gasteiger partial charge on any atom is -0.462 e. The highest BCUT2D eigenvalue weighted by atomic mass is 32.2. The summed E-state index contributed by atoms with van der Waals surface area (Å²) >= 11 is 2.71. The van der Waals surface area contributed by atoms with E-state index in [9.17, 15) is 14.4 Å². The first-order chi connectivity index (χ1) is 15.9. The van der Waals surface area contributed by atoms with Crippen LogP contribution >= 0.6 is 23.1 Å². The number of fused-ring (bicyclic) bond motifs is 2. The molecular formula is C24H27N3O4S2. The summed E-state index contributed by atoms with van der Waals surface area (Å²) in [4.78, 5) is 44.4. The molecule has 1 atom stereocenters. The summed E-state index contributed by atoms with van der Waals surface area (Å²) in [5, 5.41) is 4.05. The number of aryl methyl sites for hydroxylation is 1. The Balaban J connectivity index is 1.60. The molecule has 0 bridgehead atoms. The van der Waals surface area contributed by atoms with Gasteiger partial charge < -0.3 is 10.1 Å². The number of thiophene rings is 1. The zero-order valence-corrected chi connectivity index (χ0v) is 20.6. The molecule has 0 aliphatic heterocycles. The lowest BCUT2D eigenvalue weighted by Gasteiger charge is -2.15. The van der Waals surface area contributed by atoms with Crippen molar-refractivity contribution >= 4 is 50.9 Å². The third-order valence-corrected chi connectivity index (χ3v) is 7.98. The van der Waals surface area contributed by atoms with Crippen molar-refractivity contribution in [1.82, 2.24) is 9.55 Å². The monoisotopic (exact) mass is 485 g/mol. The van der Waals surface area contributed by atoms with E-state index in [-0.39, 0.29) is 24.0 Å². The van der Waals surface area contributed by atoms with Crippen molar-refractivity contribution < 1.29 is 14.3 Å². The van der Waals surface area contributed by atoms with Crippen molar-refractivity contribution in [3.05, 3.63) is 50.6 Å². The molecule has 2 heterocycles. The van der Waals surface area contributed by atoms with Gasteiger partial charge in [0.15, 0.2) is 5.16 Å². The smallest absolute Gasteiger partial charge is 0.341 e. The van der Waals surface area contributed by atoms with Crippen LogP contribution in [0.2, 0.25) is 0 Å². The summed E-state index contributed by atoms with van der Waals surface area (Å²) < 4.78 is 6.87. The number of aromatic nitrogens is 2. The van der Waals surface area contributed by atoms with Crippen LogP contribution in [0.3, 0.4) is 0 Å². The fourth-order valence-electron chi connectivity index (χ4n) is 4.01. The second-order valence-electron chi connectivity index (χ2n) is 7.85. The van der Waals surface area contributed by atoms with Gasteiger partial charge in [0.2, 0.25) is 5.91 Å². The molecule has 1 N–H and O–H groups in total. The molecule has 2 aromatic heterocycles. The first-order valence-corrected chi connectivity index (χ1v) is 12.9. The molecule has 3 aromatic rings. The summed E-state index contributed by atoms with van der Waals surface area (Å²) in [5.41, 5.74) is 2.00. The van der Waals surface area contributed by atoms with E-state index < -0.39 is 5.25 Å². The van der Waals surface area contributed by atoms with Gasteiger partial charge in [0.05, 0.1) is 28.3 Å². The maximum atomic E-state index is 13.1. The first kappa shape index (κ1) is 23.5. The number of nitrogens with zero attached hydrogens (tertiary/aromatic N) is 2. The molecule has 174 valence electrons. The van der Waals surface area contributed by atoms with E-state index in [1.807, 2.05) is 19.1 Å². The van der Waals surface area contributed by atoms with Crippen molar-refractivity contribution in [3.8, 4) is 0 Å². The number of carbonyl (C=O) groups excluding carboxylic acids is 2. The normalized spacial score (nSPS) is 14.0. The molecule has 0 spiro atoms. The molecule has 1 aromatic carbocycles. The van der Waals surface area contributed by atoms with E-state index in [1.54, 1.807) is 30.5 Å². The number of amides is 1. The average Bonchev–Trinajstić information content (AvgIpc) is 3.17. The summed E-state index contributed by atoms with van der Waals surface area (Å²) in [6.07, 6.45) is 3.84. The molecular weight excluding hydrogens is 458 g/mol. The molecule has 9 heteroatoms. The van der Waals surface area contributed by atoms with Gasteiger partial charge >= 0.3 is 5.97 Å². The van der Waals surface area contributed by atoms with Gasteiger partial charge in [0, 0.05) is 11.4 Å². The van der Waals surface area contributed by atoms with Crippen molar-refractivity contribution in [3.63, 3.8) is 0 Å². The van der Waals surface area contributed by atoms with Gasteiger partial charge in [0.25, 0.3) is 5.56 Å². The van der Waals surface area contributed by atoms with Gasteiger partial charge in [-0.2, -0.15) is 0 Å². The number of thioether (sulfide) groups is 1. The van der Waals surface area contributed by atoms with Gasteiger partial charge in [-0.3, -0.25) is 14.2 Å². The van der Waals surface area contributed by atoms with Crippen LogP contribution in [0.25, 0.3) is 10.9 Å². The van der Waals surface area contributed by atoms with Gasteiger partial charge in [-0.1, -0.05) is 23.9 Å². The topological polar surface area (TPSA) is 90.3 Å². The highest BCUT2D eigenvalue weighted by molar-refractivity contribution is 8.00. The molecule has 1 unspecified atom stereocenters. The van der Waals surface area contributed by atoms with Crippen LogP contribution in [-0.4, -0.2) is 33.3 Å². The van der Waals surface area contributed by atoms with E-state index in [4.69, 9.17) is 4.74 Å². The summed E-state index contributed by atoms with van der Waals surface area (Å²) in [6, 6.07) is 7.21. The highest BCUT2D eigenvalue weighted by Gasteiger charge is 2.28. The number of rotatable bonds is 7. The average molecular weight is 486 g/mol. The van der Waals surface area contributed by atoms with E-state index in [0.29, 0.717) is 33.2 Å². The Hall–Kier alpha value is -2.65. The second-order valence-corrected chi connectivity index (χ2v) is 10.3. The number of hydrogen-bond donors (Lipinski definition) is 1. The Kier molecular flexibility index (Phi) is 7.19. The highest BCUT2D eigenvalue weighted by Crippen LogP contribution is 2.39. The number of anilines is 1. The Morgan fingerprint density at radius 1 is 1.24 bits per heavy atom. The second kappa shape index (κ2) is 10.1. The molecule has 0 radical (unpaired) electrons. The molecule has 1 aliphatic rings. The number of benzene rings is 1. The van der Waals surface area contributed by atoms with Gasteiger partial charge in [-0.05, 0) is 64.2 Å². The zero-order valence-electron chi connectivity index (χ0n) is 19.0. The first-order valence-electron chi connectivity index (χ1n) is 11.2. The number of carbonyl (C=O) groups is 2. The Labute approximate surface area is 200 Å². The third kappa shape index (κ3) is 4.70. The minimum absolute atomic E-state index is 0.117. The zero-order chi connectivity index (χ0) is 23.5. The fraction of sp³-hybridized carbons (Fsp3) is 0.417. The standard InChI is InChI=1S/C24H27N3O4S2/c1-4-27-22(29)15-10-6-8-12-17(15)25-24(27)32-14(3)20(28)26-21-19(23(30)31-5-2)16-11-7-9-13-18(16)33-21/h6,8,10,12,14H,4-5,7,9,11,13H2,1-3H3,(H,26,28). The van der Waals surface area contributed by atoms with Crippen LogP contribution in [0.5, 0.6) is 0 Å². The molecule has 1 aliphatic carbocycles. The molecule has 1 amide bonds. The molecule has 4 rings (SSSR count). The van der Waals surface area contributed by atoms with Crippen LogP contribution in [0.1, 0.15) is 54.4 Å². The predicted octanol–water partition coefficient (Wildman–Crippen LogP) is 4.65. The van der Waals surface area contributed by atoms with Crippen LogP contribution in [0, 0.1) is 0 Å². The van der Waals surface area contributed by atoms with E-state index in [1.165, 1.54) is 23.1 Å². The van der Waals surface area contributed by atoms with Crippen LogP contribution < -0.4 is 10.9 Å². The number of ether oxygens (including phenoxy) is 1. The lowest BCUT2D eigenvalue weighted by atomic mass is 9.95. The summed E-state index contributed by atoms with van der Waals surface area (Å²) in [7, 11) is 0. The van der Waals surface area contributed by atoms with Crippen molar-refractivity contribution in [2.75, 3.05) is 11.9 Å². The molecule has 0 saturated heterocycles. The Bertz CT molecular complexity index is 1260. The quantitative estimate of drug-likeness (QED) is 0.298. The van der Waals surface area contributed by atoms with Gasteiger partial charge in [-0.25, -0.2) is 9.78 Å². The molecule has 0 saturated carbocycles. The maximum Gasteiger partial charge on any atom is 0.341 e. The number of nitrogens with one attached hydrogen (secondary N) is 1. The van der Waals surface area contributed by atoms with E-state index in [2.05, 4.69) is 10.3 Å². The predicted molar refractivity (Wildman–Crippen MR) is 133 cm³/mol. The lowest BCUT2D eigenvalue weighted by Crippen LogP contribution is -2.27. The van der Waals surface area contributed by atoms with Gasteiger partial charge in [0.1, 0.15) is 5.00 Å². The summed E-state index contributed by atoms with van der Waals surface area (Å²) in [5.74, 6) is -0.627. The molecule has 7 nitrogen and oxygen atoms in total. The van der Waals surface area contributed by atoms with E-state index in [0.717, 1.165) is 36.1 Å². The molecule has 33 heavy (non-hydrogen) atoms. The third-order valence-electron chi connectivity index (χ3n) is 5.68. The number of para-hydroxylation sites is 1. The van der Waals surface area contributed by atoms with Crippen molar-refractivity contribution in [2.45, 2.75) is 63.4 Å². The van der Waals surface area contributed by atoms with E-state index >= 15 is 0 Å². The fourth-order valence-corrected chi connectivity index (χ4v) is 6.27. The Morgan fingerprint density at radius 3 is 2.76 bits per heavy atom. The van der Waals surface area contributed by atoms with Crippen molar-refractivity contribution in [1.29, 1.82) is 0 Å². The van der Waals surface area contributed by atoms with Crippen LogP contribution in [0.15, 0.2) is 34.2 Å². The van der Waals surface area contributed by atoms with Gasteiger partial charge in [-0.15, -0.1) is 11.3 Å². The molecule has 0 fully saturated rings. The Morgan fingerprint density at radius 2 is 2.00 bits per heavy atom. The number of hydrogen-bond acceptors (Lipinski definition) is 7. The summed E-state index contributed by atoms with van der Waals surface area (Å²) in [6.45, 7) is 6.17. The minimum atomic E-state index is -0.523. The van der Waals surface area contributed by atoms with Crippen LogP contribution in [-0.2, 0) is 28.9 Å². The SMILES string of the molecule is CCOC(=O)c1c(NC(=O)C(C)Sc2nc3ccccc3c(=O)n2CC)sc2c1CCCC2.